The molecule has 21 heavy (non-hydrogen) atoms. The maximum Gasteiger partial charge on any atom is 0.109 e. The van der Waals surface area contributed by atoms with Gasteiger partial charge >= 0.3 is 0 Å². The van der Waals surface area contributed by atoms with E-state index in [1.807, 2.05) is 17.8 Å². The molecule has 0 aromatic heterocycles. The fraction of sp³-hybridized carbons (Fsp3) is 0.588. The normalized spacial score (nSPS) is 25.2. The van der Waals surface area contributed by atoms with Gasteiger partial charge in [0.15, 0.2) is 0 Å². The van der Waals surface area contributed by atoms with E-state index in [2.05, 4.69) is 59.4 Å². The molecule has 0 aliphatic heterocycles. The van der Waals surface area contributed by atoms with Crippen molar-refractivity contribution < 1.29 is 0 Å². The minimum absolute atomic E-state index is 0.303. The zero-order valence-electron chi connectivity index (χ0n) is 12.7. The Morgan fingerprint density at radius 2 is 2.24 bits per heavy atom. The largest absolute Gasteiger partial charge is 0.297 e. The van der Waals surface area contributed by atoms with Crippen molar-refractivity contribution in [2.45, 2.75) is 56.0 Å². The van der Waals surface area contributed by atoms with Gasteiger partial charge in [0.05, 0.1) is 6.07 Å². The summed E-state index contributed by atoms with van der Waals surface area (Å²) in [6.45, 7) is 4.26. The van der Waals surface area contributed by atoms with Gasteiger partial charge in [-0.05, 0) is 72.8 Å². The molecule has 1 aliphatic rings. The lowest BCUT2D eigenvalue weighted by Gasteiger charge is -2.32. The lowest BCUT2D eigenvalue weighted by atomic mass is 9.86. The second kappa shape index (κ2) is 7.67. The van der Waals surface area contributed by atoms with Crippen LogP contribution in [0.25, 0.3) is 0 Å². The van der Waals surface area contributed by atoms with E-state index in [4.69, 9.17) is 0 Å². The summed E-state index contributed by atoms with van der Waals surface area (Å²) in [6, 6.07) is 11.3. The van der Waals surface area contributed by atoms with E-state index in [9.17, 15) is 5.26 Å². The van der Waals surface area contributed by atoms with E-state index in [0.717, 1.165) is 29.5 Å². The summed E-state index contributed by atoms with van der Waals surface area (Å²) in [7, 11) is 0. The molecule has 4 heteroatoms. The van der Waals surface area contributed by atoms with Crippen LogP contribution in [0.15, 0.2) is 33.6 Å². The summed E-state index contributed by atoms with van der Waals surface area (Å²) in [6.07, 6.45) is 4.42. The molecule has 1 aromatic carbocycles. The Balaban J connectivity index is 1.93. The van der Waals surface area contributed by atoms with Crippen LogP contribution in [0, 0.1) is 17.2 Å². The summed E-state index contributed by atoms with van der Waals surface area (Å²) in [5.74, 6) is 1.54. The molecule has 1 aromatic rings. The fourth-order valence-electron chi connectivity index (χ4n) is 3.23. The van der Waals surface area contributed by atoms with E-state index in [1.54, 1.807) is 0 Å². The van der Waals surface area contributed by atoms with Crippen LogP contribution in [-0.4, -0.2) is 17.3 Å². The molecule has 1 saturated carbocycles. The van der Waals surface area contributed by atoms with E-state index in [1.165, 1.54) is 11.3 Å². The number of halogens is 1. The molecule has 0 saturated heterocycles. The van der Waals surface area contributed by atoms with Crippen molar-refractivity contribution in [1.82, 2.24) is 5.32 Å². The molecule has 114 valence electrons. The second-order valence-corrected chi connectivity index (χ2v) is 8.03. The predicted octanol–water partition coefficient (Wildman–Crippen LogP) is 4.99. The van der Waals surface area contributed by atoms with Crippen LogP contribution in [0.5, 0.6) is 0 Å². The van der Waals surface area contributed by atoms with Gasteiger partial charge < -0.3 is 0 Å². The number of hydrogen-bond donors (Lipinski definition) is 1. The molecule has 1 aliphatic carbocycles. The third-order valence-electron chi connectivity index (χ3n) is 4.13. The van der Waals surface area contributed by atoms with Crippen molar-refractivity contribution in [1.29, 1.82) is 5.26 Å². The Labute approximate surface area is 140 Å². The third-order valence-corrected chi connectivity index (χ3v) is 6.19. The molecule has 2 nitrogen and oxygen atoms in total. The molecule has 0 radical (unpaired) electrons. The number of rotatable bonds is 6. The van der Waals surface area contributed by atoms with E-state index < -0.39 is 0 Å². The first-order valence-corrected chi connectivity index (χ1v) is 9.41. The number of nitrogens with one attached hydrogen (secondary N) is 1. The number of nitriles is 1. The molecule has 1 fully saturated rings. The molecular weight excluding hydrogens is 344 g/mol. The quantitative estimate of drug-likeness (QED) is 0.720. The number of benzene rings is 1. The maximum atomic E-state index is 9.67. The van der Waals surface area contributed by atoms with Gasteiger partial charge in [0.1, 0.15) is 5.54 Å². The molecule has 0 spiro atoms. The van der Waals surface area contributed by atoms with Crippen molar-refractivity contribution >= 4 is 27.7 Å². The Morgan fingerprint density at radius 1 is 1.48 bits per heavy atom. The highest BCUT2D eigenvalue weighted by atomic mass is 79.9. The molecule has 1 N–H and O–H groups in total. The minimum Gasteiger partial charge on any atom is -0.297 e. The number of nitrogens with zero attached hydrogens (tertiary/aromatic N) is 1. The van der Waals surface area contributed by atoms with Gasteiger partial charge in [0, 0.05) is 15.4 Å². The lowest BCUT2D eigenvalue weighted by Crippen LogP contribution is -2.50. The smallest absolute Gasteiger partial charge is 0.109 e. The summed E-state index contributed by atoms with van der Waals surface area (Å²) < 4.78 is 1.16. The lowest BCUT2D eigenvalue weighted by molar-refractivity contribution is 0.289. The Bertz CT molecular complexity index is 512. The van der Waals surface area contributed by atoms with Crippen molar-refractivity contribution in [3.63, 3.8) is 0 Å². The van der Waals surface area contributed by atoms with E-state index in [0.29, 0.717) is 12.0 Å². The van der Waals surface area contributed by atoms with Gasteiger partial charge in [-0.25, -0.2) is 0 Å². The average molecular weight is 367 g/mol. The van der Waals surface area contributed by atoms with Crippen LogP contribution in [0.1, 0.15) is 39.5 Å². The summed E-state index contributed by atoms with van der Waals surface area (Å²) in [5, 5.41) is 13.2. The van der Waals surface area contributed by atoms with E-state index >= 15 is 0 Å². The molecule has 0 amide bonds. The summed E-state index contributed by atoms with van der Waals surface area (Å²) in [4.78, 5) is 1.29. The first kappa shape index (κ1) is 16.9. The van der Waals surface area contributed by atoms with Gasteiger partial charge in [-0.1, -0.05) is 18.6 Å². The zero-order chi connectivity index (χ0) is 15.3. The second-order valence-electron chi connectivity index (χ2n) is 6.04. The maximum absolute atomic E-state index is 9.67. The van der Waals surface area contributed by atoms with Gasteiger partial charge in [-0.2, -0.15) is 5.26 Å². The Hall–Kier alpha value is -0.500. The predicted molar refractivity (Wildman–Crippen MR) is 93.4 cm³/mol. The standard InChI is InChI=1S/C17H23BrN2S/c1-13(2)20-17(12-19)10-5-6-14(17)9-11-21-16-8-4-3-7-15(16)18/h3-4,7-8,13-14,20H,5-6,9-11H2,1-2H3. The van der Waals surface area contributed by atoms with Crippen LogP contribution >= 0.6 is 27.7 Å². The highest BCUT2D eigenvalue weighted by Gasteiger charge is 2.42. The third kappa shape index (κ3) is 4.25. The summed E-state index contributed by atoms with van der Waals surface area (Å²) in [5.41, 5.74) is -0.303. The molecule has 2 rings (SSSR count). The van der Waals surface area contributed by atoms with Crippen LogP contribution in [0.4, 0.5) is 0 Å². The van der Waals surface area contributed by atoms with Gasteiger partial charge in [-0.15, -0.1) is 11.8 Å². The van der Waals surface area contributed by atoms with Gasteiger partial charge in [-0.3, -0.25) is 5.32 Å². The highest BCUT2D eigenvalue weighted by molar-refractivity contribution is 9.10. The Morgan fingerprint density at radius 3 is 2.90 bits per heavy atom. The van der Waals surface area contributed by atoms with Gasteiger partial charge in [0.2, 0.25) is 0 Å². The van der Waals surface area contributed by atoms with Crippen LogP contribution in [0.3, 0.4) is 0 Å². The number of hydrogen-bond acceptors (Lipinski definition) is 3. The summed E-state index contributed by atoms with van der Waals surface area (Å²) >= 11 is 5.47. The van der Waals surface area contributed by atoms with Crippen molar-refractivity contribution in [2.24, 2.45) is 5.92 Å². The fourth-order valence-corrected chi connectivity index (χ4v) is 4.86. The molecule has 0 heterocycles. The SMILES string of the molecule is CC(C)NC1(C#N)CCCC1CCSc1ccccc1Br. The minimum atomic E-state index is -0.303. The molecule has 2 atom stereocenters. The molecule has 2 unspecified atom stereocenters. The van der Waals surface area contributed by atoms with Crippen LogP contribution < -0.4 is 5.32 Å². The van der Waals surface area contributed by atoms with Crippen molar-refractivity contribution in [3.05, 3.63) is 28.7 Å². The van der Waals surface area contributed by atoms with Crippen LogP contribution in [0.2, 0.25) is 0 Å². The monoisotopic (exact) mass is 366 g/mol. The average Bonchev–Trinajstić information content (AvgIpc) is 2.84. The number of thioether (sulfide) groups is 1. The van der Waals surface area contributed by atoms with Crippen LogP contribution in [-0.2, 0) is 0 Å². The Kier molecular flexibility index (Phi) is 6.16. The van der Waals surface area contributed by atoms with Crippen molar-refractivity contribution in [3.8, 4) is 6.07 Å². The first-order valence-electron chi connectivity index (χ1n) is 7.63. The molecule has 0 bridgehead atoms. The highest BCUT2D eigenvalue weighted by Crippen LogP contribution is 2.39. The topological polar surface area (TPSA) is 35.8 Å². The van der Waals surface area contributed by atoms with Crippen molar-refractivity contribution in [2.75, 3.05) is 5.75 Å². The zero-order valence-corrected chi connectivity index (χ0v) is 15.1. The molecular formula is C17H23BrN2S. The van der Waals surface area contributed by atoms with Gasteiger partial charge in [0.25, 0.3) is 0 Å². The first-order chi connectivity index (χ1) is 10.1. The van der Waals surface area contributed by atoms with E-state index in [-0.39, 0.29) is 5.54 Å².